The van der Waals surface area contributed by atoms with Crippen molar-refractivity contribution >= 4 is 11.9 Å². The van der Waals surface area contributed by atoms with E-state index in [1.54, 1.807) is 37.3 Å². The summed E-state index contributed by atoms with van der Waals surface area (Å²) in [5.74, 6) is -0.926. The van der Waals surface area contributed by atoms with E-state index in [9.17, 15) is 14.7 Å². The van der Waals surface area contributed by atoms with Crippen LogP contribution in [-0.2, 0) is 9.53 Å². The first-order valence-corrected chi connectivity index (χ1v) is 7.53. The molecule has 0 unspecified atom stereocenters. The Bertz CT molecular complexity index is 767. The number of ether oxygens (including phenoxy) is 3. The fourth-order valence-corrected chi connectivity index (χ4v) is 1.82. The molecule has 2 aromatic rings. The average Bonchev–Trinajstić information content (AvgIpc) is 2.61. The van der Waals surface area contributed by atoms with Gasteiger partial charge in [0.2, 0.25) is 0 Å². The minimum absolute atomic E-state index is 0.0231. The minimum Gasteiger partial charge on any atom is -0.504 e. The summed E-state index contributed by atoms with van der Waals surface area (Å²) in [4.78, 5) is 23.2. The van der Waals surface area contributed by atoms with Crippen molar-refractivity contribution in [3.63, 3.8) is 0 Å². The van der Waals surface area contributed by atoms with E-state index >= 15 is 0 Å². The number of aromatic hydroxyl groups is 1. The van der Waals surface area contributed by atoms with Crippen LogP contribution in [0.15, 0.2) is 60.7 Å². The Morgan fingerprint density at radius 1 is 1.08 bits per heavy atom. The Balaban J connectivity index is 1.89. The smallest absolute Gasteiger partial charge is 0.343 e. The summed E-state index contributed by atoms with van der Waals surface area (Å²) in [7, 11) is 0. The third-order valence-electron chi connectivity index (χ3n) is 3.08. The summed E-state index contributed by atoms with van der Waals surface area (Å²) < 4.78 is 15.4. The van der Waals surface area contributed by atoms with Gasteiger partial charge in [0.05, 0.1) is 5.56 Å². The molecule has 0 fully saturated rings. The Labute approximate surface area is 145 Å². The SMILES string of the molecule is C=C(C)C(=O)OCCOc1ccc(OC(=O)c2ccccc2)c(O)c1. The van der Waals surface area contributed by atoms with Gasteiger partial charge in [0.15, 0.2) is 11.5 Å². The van der Waals surface area contributed by atoms with Crippen molar-refractivity contribution in [2.24, 2.45) is 0 Å². The van der Waals surface area contributed by atoms with Crippen LogP contribution < -0.4 is 9.47 Å². The first-order chi connectivity index (χ1) is 12.0. The fraction of sp³-hybridized carbons (Fsp3) is 0.158. The molecule has 0 radical (unpaired) electrons. The van der Waals surface area contributed by atoms with Crippen LogP contribution in [0, 0.1) is 0 Å². The lowest BCUT2D eigenvalue weighted by molar-refractivity contribution is -0.139. The van der Waals surface area contributed by atoms with Gasteiger partial charge in [-0.05, 0) is 31.2 Å². The highest BCUT2D eigenvalue weighted by atomic mass is 16.6. The maximum Gasteiger partial charge on any atom is 0.343 e. The van der Waals surface area contributed by atoms with E-state index in [1.807, 2.05) is 0 Å². The van der Waals surface area contributed by atoms with Crippen LogP contribution >= 0.6 is 0 Å². The van der Waals surface area contributed by atoms with Gasteiger partial charge in [-0.1, -0.05) is 24.8 Å². The predicted octanol–water partition coefficient (Wildman–Crippen LogP) is 3.11. The van der Waals surface area contributed by atoms with Crippen LogP contribution in [0.2, 0.25) is 0 Å². The predicted molar refractivity (Wildman–Crippen MR) is 90.8 cm³/mol. The molecule has 130 valence electrons. The topological polar surface area (TPSA) is 82.1 Å². The van der Waals surface area contributed by atoms with Crippen LogP contribution in [0.5, 0.6) is 17.2 Å². The third-order valence-corrected chi connectivity index (χ3v) is 3.08. The van der Waals surface area contributed by atoms with Crippen LogP contribution in [0.3, 0.4) is 0 Å². The van der Waals surface area contributed by atoms with Crippen molar-refractivity contribution in [3.8, 4) is 17.2 Å². The second-order valence-corrected chi connectivity index (χ2v) is 5.15. The molecule has 0 bridgehead atoms. The Morgan fingerprint density at radius 3 is 2.44 bits per heavy atom. The number of carbonyl (C=O) groups is 2. The molecule has 0 aliphatic carbocycles. The summed E-state index contributed by atoms with van der Waals surface area (Å²) in [6.07, 6.45) is 0. The second kappa shape index (κ2) is 8.54. The van der Waals surface area contributed by atoms with E-state index < -0.39 is 11.9 Å². The van der Waals surface area contributed by atoms with Gasteiger partial charge in [-0.25, -0.2) is 9.59 Å². The van der Waals surface area contributed by atoms with E-state index in [1.165, 1.54) is 18.2 Å². The van der Waals surface area contributed by atoms with Gasteiger partial charge in [-0.2, -0.15) is 0 Å². The zero-order chi connectivity index (χ0) is 18.2. The standard InChI is InChI=1S/C19H18O6/c1-13(2)18(21)24-11-10-23-15-8-9-17(16(20)12-15)25-19(22)14-6-4-3-5-7-14/h3-9,12,20H,1,10-11H2,2H3. The lowest BCUT2D eigenvalue weighted by Gasteiger charge is -2.10. The molecule has 0 aliphatic rings. The van der Waals surface area contributed by atoms with Crippen LogP contribution in [0.1, 0.15) is 17.3 Å². The van der Waals surface area contributed by atoms with Crippen molar-refractivity contribution < 1.29 is 28.9 Å². The van der Waals surface area contributed by atoms with Crippen LogP contribution in [0.4, 0.5) is 0 Å². The Hall–Kier alpha value is -3.28. The van der Waals surface area contributed by atoms with Gasteiger partial charge < -0.3 is 19.3 Å². The Kier molecular flexibility index (Phi) is 6.17. The highest BCUT2D eigenvalue weighted by Gasteiger charge is 2.12. The van der Waals surface area contributed by atoms with Crippen molar-refractivity contribution in [1.82, 2.24) is 0 Å². The molecule has 0 atom stereocenters. The molecule has 0 saturated carbocycles. The van der Waals surface area contributed by atoms with E-state index in [-0.39, 0.29) is 24.7 Å². The van der Waals surface area contributed by atoms with Gasteiger partial charge in [0.1, 0.15) is 19.0 Å². The summed E-state index contributed by atoms with van der Waals surface area (Å²) in [5.41, 5.74) is 0.684. The number of phenolic OH excluding ortho intramolecular Hbond substituents is 1. The zero-order valence-corrected chi connectivity index (χ0v) is 13.7. The molecule has 6 nitrogen and oxygen atoms in total. The highest BCUT2D eigenvalue weighted by Crippen LogP contribution is 2.30. The number of phenols is 1. The summed E-state index contributed by atoms with van der Waals surface area (Å²) in [6, 6.07) is 12.7. The van der Waals surface area contributed by atoms with Gasteiger partial charge in [-0.15, -0.1) is 0 Å². The van der Waals surface area contributed by atoms with Crippen molar-refractivity contribution in [1.29, 1.82) is 0 Å². The van der Waals surface area contributed by atoms with Crippen molar-refractivity contribution in [3.05, 3.63) is 66.2 Å². The molecule has 0 amide bonds. The molecule has 0 heterocycles. The molecule has 0 spiro atoms. The number of rotatable bonds is 7. The molecule has 2 aromatic carbocycles. The van der Waals surface area contributed by atoms with E-state index in [4.69, 9.17) is 14.2 Å². The number of esters is 2. The van der Waals surface area contributed by atoms with Gasteiger partial charge in [0.25, 0.3) is 0 Å². The van der Waals surface area contributed by atoms with Gasteiger partial charge in [0, 0.05) is 11.6 Å². The number of benzene rings is 2. The fourth-order valence-electron chi connectivity index (χ4n) is 1.82. The Morgan fingerprint density at radius 2 is 1.80 bits per heavy atom. The number of hydrogen-bond donors (Lipinski definition) is 1. The lowest BCUT2D eigenvalue weighted by atomic mass is 10.2. The molecule has 25 heavy (non-hydrogen) atoms. The van der Waals surface area contributed by atoms with Gasteiger partial charge >= 0.3 is 11.9 Å². The monoisotopic (exact) mass is 342 g/mol. The second-order valence-electron chi connectivity index (χ2n) is 5.15. The van der Waals surface area contributed by atoms with E-state index in [0.29, 0.717) is 16.9 Å². The average molecular weight is 342 g/mol. The highest BCUT2D eigenvalue weighted by molar-refractivity contribution is 5.91. The first kappa shape index (κ1) is 18.1. The quantitative estimate of drug-likeness (QED) is 0.360. The third kappa shape index (κ3) is 5.39. The largest absolute Gasteiger partial charge is 0.504 e. The molecular formula is C19H18O6. The molecule has 0 saturated heterocycles. The van der Waals surface area contributed by atoms with Crippen molar-refractivity contribution in [2.75, 3.05) is 13.2 Å². The maximum atomic E-state index is 12.0. The maximum absolute atomic E-state index is 12.0. The summed E-state index contributed by atoms with van der Waals surface area (Å²) in [6.45, 7) is 5.19. The summed E-state index contributed by atoms with van der Waals surface area (Å²) >= 11 is 0. The molecule has 1 N–H and O–H groups in total. The number of carbonyl (C=O) groups excluding carboxylic acids is 2. The minimum atomic E-state index is -0.573. The van der Waals surface area contributed by atoms with Crippen molar-refractivity contribution in [2.45, 2.75) is 6.92 Å². The zero-order valence-electron chi connectivity index (χ0n) is 13.7. The first-order valence-electron chi connectivity index (χ1n) is 7.53. The lowest BCUT2D eigenvalue weighted by Crippen LogP contribution is -2.12. The normalized spacial score (nSPS) is 9.96. The summed E-state index contributed by atoms with van der Waals surface area (Å²) in [5, 5.41) is 9.95. The molecule has 0 aromatic heterocycles. The van der Waals surface area contributed by atoms with Crippen LogP contribution in [0.25, 0.3) is 0 Å². The molecule has 6 heteroatoms. The number of hydrogen-bond acceptors (Lipinski definition) is 6. The molecular weight excluding hydrogens is 324 g/mol. The van der Waals surface area contributed by atoms with E-state index in [2.05, 4.69) is 6.58 Å². The van der Waals surface area contributed by atoms with Gasteiger partial charge in [-0.3, -0.25) is 0 Å². The molecule has 0 aliphatic heterocycles. The van der Waals surface area contributed by atoms with Crippen LogP contribution in [-0.4, -0.2) is 30.3 Å². The van der Waals surface area contributed by atoms with E-state index in [0.717, 1.165) is 0 Å². The molecule has 2 rings (SSSR count).